The van der Waals surface area contributed by atoms with Gasteiger partial charge in [-0.25, -0.2) is 13.9 Å². The number of likely N-dealkylation sites (tertiary alicyclic amines) is 1. The fourth-order valence-corrected chi connectivity index (χ4v) is 6.56. The van der Waals surface area contributed by atoms with E-state index in [2.05, 4.69) is 11.8 Å². The molecule has 1 aromatic rings. The van der Waals surface area contributed by atoms with Gasteiger partial charge in [-0.3, -0.25) is 14.8 Å². The number of ether oxygens (including phenoxy) is 1. The highest BCUT2D eigenvalue weighted by atomic mass is 32.2. The Morgan fingerprint density at radius 1 is 1.06 bits per heavy atom. The van der Waals surface area contributed by atoms with E-state index in [-0.39, 0.29) is 39.0 Å². The zero-order valence-electron chi connectivity index (χ0n) is 19.5. The number of aliphatic hydroxyl groups excluding tert-OH is 1. The number of hydrogen-bond donors (Lipinski definition) is 3. The summed E-state index contributed by atoms with van der Waals surface area (Å²) in [5.41, 5.74) is 2.47. The summed E-state index contributed by atoms with van der Waals surface area (Å²) < 4.78 is 32.3. The molecule has 2 amide bonds. The van der Waals surface area contributed by atoms with Crippen molar-refractivity contribution in [2.75, 3.05) is 57.4 Å². The number of nitrogens with zero attached hydrogens (tertiary/aromatic N) is 3. The number of aliphatic hydroxyl groups is 1. The minimum atomic E-state index is -4.12. The maximum absolute atomic E-state index is 13.6. The van der Waals surface area contributed by atoms with E-state index in [0.29, 0.717) is 19.7 Å². The summed E-state index contributed by atoms with van der Waals surface area (Å²) >= 11 is 0. The van der Waals surface area contributed by atoms with E-state index in [1.54, 1.807) is 0 Å². The molecule has 2 aliphatic heterocycles. The fourth-order valence-electron chi connectivity index (χ4n) is 4.44. The second-order valence-electron chi connectivity index (χ2n) is 8.56. The van der Waals surface area contributed by atoms with Crippen molar-refractivity contribution in [3.8, 4) is 5.75 Å². The van der Waals surface area contributed by atoms with Crippen LogP contribution < -0.4 is 15.1 Å². The largest absolute Gasteiger partial charge is 0.494 e. The number of hydrogen-bond acceptors (Lipinski definition) is 8. The quantitative estimate of drug-likeness (QED) is 0.249. The van der Waals surface area contributed by atoms with Crippen molar-refractivity contribution in [1.82, 2.24) is 14.7 Å². The maximum Gasteiger partial charge on any atom is 0.266 e. The van der Waals surface area contributed by atoms with Crippen molar-refractivity contribution in [3.63, 3.8) is 0 Å². The van der Waals surface area contributed by atoms with Crippen LogP contribution in [-0.4, -0.2) is 97.0 Å². The van der Waals surface area contributed by atoms with Crippen molar-refractivity contribution < 1.29 is 33.1 Å². The molecule has 1 aromatic carbocycles. The number of piperazine rings is 1. The molecular formula is C22H34N4O7S. The predicted molar refractivity (Wildman–Crippen MR) is 125 cm³/mol. The van der Waals surface area contributed by atoms with Crippen LogP contribution >= 0.6 is 0 Å². The van der Waals surface area contributed by atoms with E-state index in [9.17, 15) is 23.2 Å². The van der Waals surface area contributed by atoms with Crippen LogP contribution in [0, 0.1) is 0 Å². The van der Waals surface area contributed by atoms with Gasteiger partial charge in [0.05, 0.1) is 6.61 Å². The molecule has 2 aliphatic rings. The molecule has 0 aliphatic carbocycles. The van der Waals surface area contributed by atoms with Gasteiger partial charge in [0.1, 0.15) is 12.4 Å². The lowest BCUT2D eigenvalue weighted by molar-refractivity contribution is -0.139. The first-order chi connectivity index (χ1) is 16.3. The average molecular weight is 499 g/mol. The second kappa shape index (κ2) is 11.3. The molecular weight excluding hydrogens is 464 g/mol. The normalized spacial score (nSPS) is 19.0. The highest BCUT2D eigenvalue weighted by Crippen LogP contribution is 2.34. The minimum Gasteiger partial charge on any atom is -0.494 e. The van der Waals surface area contributed by atoms with Crippen LogP contribution in [0.2, 0.25) is 0 Å². The van der Waals surface area contributed by atoms with Gasteiger partial charge in [0, 0.05) is 45.0 Å². The standard InChI is InChI=1S/C22H34N4O7S/c1-2-3-16-33-19-6-4-18(5-7-19)24-12-14-26(15-13-24)34(31,32)22(21(29)23-30)8-10-25(11-9-22)20(28)17-27/h4-7,27,30H,2-3,8-17H2,1H3,(H,23,29). The number of hydroxylamine groups is 1. The summed E-state index contributed by atoms with van der Waals surface area (Å²) in [6.07, 6.45) is 1.73. The molecule has 2 fully saturated rings. The number of amides is 2. The SMILES string of the molecule is CCCCOc1ccc(N2CCN(S(=O)(=O)C3(C(=O)NO)CCN(C(=O)CO)CC3)CC2)cc1. The number of unbranched alkanes of at least 4 members (excludes halogenated alkanes) is 1. The number of carbonyl (C=O) groups is 2. The molecule has 0 atom stereocenters. The van der Waals surface area contributed by atoms with Crippen molar-refractivity contribution in [2.24, 2.45) is 0 Å². The highest BCUT2D eigenvalue weighted by Gasteiger charge is 2.55. The summed E-state index contributed by atoms with van der Waals surface area (Å²) in [7, 11) is -4.12. The van der Waals surface area contributed by atoms with Gasteiger partial charge in [0.2, 0.25) is 15.9 Å². The lowest BCUT2D eigenvalue weighted by Crippen LogP contribution is -2.64. The van der Waals surface area contributed by atoms with Gasteiger partial charge < -0.3 is 19.6 Å². The van der Waals surface area contributed by atoms with Crippen LogP contribution in [0.5, 0.6) is 5.75 Å². The molecule has 3 N–H and O–H groups in total. The lowest BCUT2D eigenvalue weighted by Gasteiger charge is -2.44. The van der Waals surface area contributed by atoms with Gasteiger partial charge in [-0.15, -0.1) is 0 Å². The predicted octanol–water partition coefficient (Wildman–Crippen LogP) is 0.176. The van der Waals surface area contributed by atoms with Crippen LogP contribution in [0.4, 0.5) is 5.69 Å². The first-order valence-electron chi connectivity index (χ1n) is 11.6. The Balaban J connectivity index is 1.66. The van der Waals surface area contributed by atoms with Gasteiger partial charge in [-0.05, 0) is 43.5 Å². The van der Waals surface area contributed by atoms with Gasteiger partial charge in [-0.1, -0.05) is 13.3 Å². The molecule has 0 radical (unpaired) electrons. The minimum absolute atomic E-state index is 0.00131. The summed E-state index contributed by atoms with van der Waals surface area (Å²) in [5, 5.41) is 18.4. The Morgan fingerprint density at radius 3 is 2.21 bits per heavy atom. The zero-order chi connectivity index (χ0) is 24.8. The summed E-state index contributed by atoms with van der Waals surface area (Å²) in [6.45, 7) is 3.36. The third-order valence-electron chi connectivity index (χ3n) is 6.62. The zero-order valence-corrected chi connectivity index (χ0v) is 20.3. The van der Waals surface area contributed by atoms with Crippen molar-refractivity contribution in [2.45, 2.75) is 37.4 Å². The third-order valence-corrected chi connectivity index (χ3v) is 9.24. The Bertz CT molecular complexity index is 939. The number of piperidine rings is 1. The molecule has 2 heterocycles. The number of sulfonamides is 1. The first-order valence-corrected chi connectivity index (χ1v) is 13.0. The molecule has 190 valence electrons. The Labute approximate surface area is 200 Å². The summed E-state index contributed by atoms with van der Waals surface area (Å²) in [4.78, 5) is 27.8. The van der Waals surface area contributed by atoms with Gasteiger partial charge in [-0.2, -0.15) is 4.31 Å². The topological polar surface area (TPSA) is 140 Å². The van der Waals surface area contributed by atoms with Gasteiger partial charge in [0.15, 0.2) is 4.75 Å². The van der Waals surface area contributed by atoms with E-state index in [1.165, 1.54) is 14.7 Å². The summed E-state index contributed by atoms with van der Waals surface area (Å²) in [5.74, 6) is -0.725. The van der Waals surface area contributed by atoms with E-state index in [4.69, 9.17) is 9.84 Å². The number of rotatable bonds is 9. The van der Waals surface area contributed by atoms with Crippen LogP contribution in [0.1, 0.15) is 32.6 Å². The number of nitrogens with one attached hydrogen (secondary N) is 1. The molecule has 0 spiro atoms. The van der Waals surface area contributed by atoms with Gasteiger partial charge in [0.25, 0.3) is 5.91 Å². The first kappa shape index (κ1) is 26.2. The molecule has 12 heteroatoms. The molecule has 11 nitrogen and oxygen atoms in total. The summed E-state index contributed by atoms with van der Waals surface area (Å²) in [6, 6.07) is 7.69. The van der Waals surface area contributed by atoms with Crippen LogP contribution in [-0.2, 0) is 19.6 Å². The van der Waals surface area contributed by atoms with Crippen molar-refractivity contribution in [3.05, 3.63) is 24.3 Å². The molecule has 34 heavy (non-hydrogen) atoms. The highest BCUT2D eigenvalue weighted by molar-refractivity contribution is 7.91. The number of benzene rings is 1. The van der Waals surface area contributed by atoms with Gasteiger partial charge >= 0.3 is 0 Å². The Hall–Kier alpha value is -2.41. The van der Waals surface area contributed by atoms with E-state index in [1.807, 2.05) is 24.3 Å². The van der Waals surface area contributed by atoms with E-state index < -0.39 is 33.2 Å². The number of anilines is 1. The lowest BCUT2D eigenvalue weighted by atomic mass is 9.95. The Morgan fingerprint density at radius 2 is 1.68 bits per heavy atom. The average Bonchev–Trinajstić information content (AvgIpc) is 2.88. The Kier molecular flexibility index (Phi) is 8.74. The van der Waals surface area contributed by atoms with E-state index in [0.717, 1.165) is 24.3 Å². The molecule has 0 saturated carbocycles. The monoisotopic (exact) mass is 498 g/mol. The third kappa shape index (κ3) is 5.29. The second-order valence-corrected chi connectivity index (χ2v) is 10.8. The van der Waals surface area contributed by atoms with Crippen LogP contribution in [0.3, 0.4) is 0 Å². The van der Waals surface area contributed by atoms with Crippen LogP contribution in [0.15, 0.2) is 24.3 Å². The van der Waals surface area contributed by atoms with E-state index >= 15 is 0 Å². The maximum atomic E-state index is 13.6. The molecule has 0 aromatic heterocycles. The number of carbonyl (C=O) groups excluding carboxylic acids is 2. The molecule has 0 bridgehead atoms. The fraction of sp³-hybridized carbons (Fsp3) is 0.636. The van der Waals surface area contributed by atoms with Crippen molar-refractivity contribution >= 4 is 27.5 Å². The molecule has 3 rings (SSSR count). The molecule has 2 saturated heterocycles. The smallest absolute Gasteiger partial charge is 0.266 e. The molecule has 0 unspecified atom stereocenters. The van der Waals surface area contributed by atoms with Crippen LogP contribution in [0.25, 0.3) is 0 Å². The van der Waals surface area contributed by atoms with Crippen molar-refractivity contribution in [1.29, 1.82) is 0 Å².